The SMILES string of the molecule is CCCCS(=O)(=O)NCC#CCN1CCc2ccccc2C1.CN(C)S(=O)(=O)NCC#CCN1CCc2ccccc2C1.CS(=O)(=O)NCCCCN1CCc2ccccc2C1. The molecule has 3 aromatic carbocycles. The summed E-state index contributed by atoms with van der Waals surface area (Å²) < 4.78 is 76.6. The Balaban J connectivity index is 0.000000205. The van der Waals surface area contributed by atoms with Crippen molar-refractivity contribution < 1.29 is 25.3 Å². The second kappa shape index (κ2) is 26.2. The highest BCUT2D eigenvalue weighted by Crippen LogP contribution is 2.20. The summed E-state index contributed by atoms with van der Waals surface area (Å²) in [5.41, 5.74) is 8.48. The highest BCUT2D eigenvalue weighted by atomic mass is 32.2. The Kier molecular flexibility index (Phi) is 21.6. The topological polar surface area (TPSA) is 151 Å². The van der Waals surface area contributed by atoms with E-state index in [1.54, 1.807) is 0 Å². The third-order valence-electron chi connectivity index (χ3n) is 10.7. The molecule has 3 aliphatic heterocycles. The number of rotatable bonds is 16. The molecule has 3 aromatic rings. The van der Waals surface area contributed by atoms with Gasteiger partial charge < -0.3 is 0 Å². The maximum Gasteiger partial charge on any atom is 0.279 e. The van der Waals surface area contributed by atoms with E-state index in [4.69, 9.17) is 0 Å². The number of unbranched alkanes of at least 4 members (excludes halogenated alkanes) is 2. The van der Waals surface area contributed by atoms with Gasteiger partial charge in [0.15, 0.2) is 0 Å². The van der Waals surface area contributed by atoms with E-state index in [0.29, 0.717) is 26.1 Å². The quantitative estimate of drug-likeness (QED) is 0.145. The molecule has 0 saturated heterocycles. The third kappa shape index (κ3) is 19.4. The fourth-order valence-electron chi connectivity index (χ4n) is 7.11. The Labute approximate surface area is 373 Å². The molecular weight excluding hydrogens is 843 g/mol. The molecule has 0 aromatic heterocycles. The standard InChI is InChI=1S/C17H24N2O2S.C15H21N3O2S.C14H22N2O2S/c1-2-3-14-22(20,21)18-11-6-7-12-19-13-10-16-8-4-5-9-17(16)15-19;1-17(2)21(19,20)16-10-5-6-11-18-12-9-14-7-3-4-8-15(14)13-18;1-19(17,18)15-9-4-5-10-16-11-8-13-6-2-3-7-14(13)12-16/h4-5,8-9,18H,2-3,10-15H2,1H3;3-4,7-8,16H,9-13H2,1-2H3;2-3,6-7,15H,4-5,8-12H2,1H3. The van der Waals surface area contributed by atoms with E-state index < -0.39 is 30.3 Å². The fourth-order valence-corrected chi connectivity index (χ4v) is 9.24. The van der Waals surface area contributed by atoms with Gasteiger partial charge >= 0.3 is 0 Å². The van der Waals surface area contributed by atoms with Crippen LogP contribution in [-0.2, 0) is 69.2 Å². The molecule has 3 N–H and O–H groups in total. The van der Waals surface area contributed by atoms with Gasteiger partial charge in [-0.1, -0.05) is 110 Å². The number of nitrogens with zero attached hydrogens (tertiary/aromatic N) is 4. The predicted molar refractivity (Wildman–Crippen MR) is 251 cm³/mol. The lowest BCUT2D eigenvalue weighted by Gasteiger charge is -2.28. The normalized spacial score (nSPS) is 15.5. The van der Waals surface area contributed by atoms with E-state index in [1.807, 2.05) is 6.92 Å². The number of benzene rings is 3. The average Bonchev–Trinajstić information content (AvgIpc) is 3.25. The van der Waals surface area contributed by atoms with E-state index >= 15 is 0 Å². The van der Waals surface area contributed by atoms with Gasteiger partial charge in [0.05, 0.1) is 38.2 Å². The molecule has 0 spiro atoms. The van der Waals surface area contributed by atoms with E-state index in [1.165, 1.54) is 53.7 Å². The smallest absolute Gasteiger partial charge is 0.279 e. The van der Waals surface area contributed by atoms with Crippen LogP contribution in [0.4, 0.5) is 0 Å². The lowest BCUT2D eigenvalue weighted by Crippen LogP contribution is -2.35. The molecule has 0 fully saturated rings. The van der Waals surface area contributed by atoms with Crippen LogP contribution >= 0.6 is 0 Å². The Morgan fingerprint density at radius 3 is 1.45 bits per heavy atom. The van der Waals surface area contributed by atoms with Crippen molar-refractivity contribution in [3.63, 3.8) is 0 Å². The summed E-state index contributed by atoms with van der Waals surface area (Å²) in [6, 6.07) is 25.6. The van der Waals surface area contributed by atoms with Crippen LogP contribution in [0.5, 0.6) is 0 Å². The molecule has 0 bridgehead atoms. The monoisotopic (exact) mass is 909 g/mol. The van der Waals surface area contributed by atoms with Crippen molar-refractivity contribution in [1.82, 2.24) is 33.2 Å². The average molecular weight is 910 g/mol. The van der Waals surface area contributed by atoms with Crippen LogP contribution in [0.15, 0.2) is 72.8 Å². The minimum atomic E-state index is -3.38. The number of fused-ring (bicyclic) bond motifs is 3. The van der Waals surface area contributed by atoms with Crippen LogP contribution in [0, 0.1) is 23.7 Å². The molecule has 62 heavy (non-hydrogen) atoms. The molecule has 3 aliphatic rings. The van der Waals surface area contributed by atoms with Gasteiger partial charge in [-0.05, 0) is 78.5 Å². The Hall–Kier alpha value is -3.65. The zero-order valence-electron chi connectivity index (χ0n) is 37.0. The van der Waals surface area contributed by atoms with Gasteiger partial charge in [-0.25, -0.2) is 26.3 Å². The van der Waals surface area contributed by atoms with Gasteiger partial charge in [-0.2, -0.15) is 17.4 Å². The van der Waals surface area contributed by atoms with Gasteiger partial charge in [0.25, 0.3) is 10.2 Å². The summed E-state index contributed by atoms with van der Waals surface area (Å²) in [4.78, 5) is 7.01. The van der Waals surface area contributed by atoms with E-state index in [9.17, 15) is 25.3 Å². The maximum atomic E-state index is 11.6. The zero-order valence-corrected chi connectivity index (χ0v) is 39.5. The van der Waals surface area contributed by atoms with Crippen molar-refractivity contribution in [2.45, 2.75) is 71.5 Å². The van der Waals surface area contributed by atoms with Crippen molar-refractivity contribution in [2.24, 2.45) is 0 Å². The molecule has 0 atom stereocenters. The van der Waals surface area contributed by atoms with Gasteiger partial charge in [0, 0.05) is 59.9 Å². The largest absolute Gasteiger partial charge is 0.299 e. The highest BCUT2D eigenvalue weighted by Gasteiger charge is 2.17. The Morgan fingerprint density at radius 2 is 1.00 bits per heavy atom. The second-order valence-corrected chi connectivity index (χ2v) is 21.7. The summed E-state index contributed by atoms with van der Waals surface area (Å²) in [6.07, 6.45) is 7.92. The highest BCUT2D eigenvalue weighted by molar-refractivity contribution is 7.89. The van der Waals surface area contributed by atoms with E-state index in [2.05, 4.69) is 125 Å². The molecule has 16 heteroatoms. The number of sulfonamides is 2. The minimum Gasteiger partial charge on any atom is -0.299 e. The molecule has 0 saturated carbocycles. The van der Waals surface area contributed by atoms with Gasteiger partial charge in [0.1, 0.15) is 0 Å². The number of hydrogen-bond donors (Lipinski definition) is 3. The van der Waals surface area contributed by atoms with Crippen LogP contribution in [0.1, 0.15) is 66.0 Å². The first-order valence-electron chi connectivity index (χ1n) is 21.5. The third-order valence-corrected chi connectivity index (χ3v) is 14.3. The number of nitrogens with one attached hydrogen (secondary N) is 3. The van der Waals surface area contributed by atoms with Crippen molar-refractivity contribution in [3.8, 4) is 23.7 Å². The summed E-state index contributed by atoms with van der Waals surface area (Å²) in [7, 11) is -6.59. The molecule has 13 nitrogen and oxygen atoms in total. The van der Waals surface area contributed by atoms with Crippen molar-refractivity contribution >= 4 is 30.3 Å². The van der Waals surface area contributed by atoms with Crippen LogP contribution in [-0.4, -0.2) is 129 Å². The zero-order chi connectivity index (χ0) is 44.9. The summed E-state index contributed by atoms with van der Waals surface area (Å²) in [6.45, 7) is 11.2. The number of hydrogen-bond acceptors (Lipinski definition) is 9. The minimum absolute atomic E-state index is 0.144. The maximum absolute atomic E-state index is 11.6. The van der Waals surface area contributed by atoms with E-state index in [0.717, 1.165) is 88.6 Å². The van der Waals surface area contributed by atoms with Gasteiger partial charge in [0.2, 0.25) is 20.0 Å². The molecule has 0 radical (unpaired) electrons. The first-order chi connectivity index (χ1) is 29.6. The molecular formula is C46H67N7O6S3. The van der Waals surface area contributed by atoms with Crippen molar-refractivity contribution in [2.75, 3.05) is 85.0 Å². The second-order valence-electron chi connectivity index (χ2n) is 15.9. The predicted octanol–water partition coefficient (Wildman–Crippen LogP) is 3.59. The molecule has 0 unspecified atom stereocenters. The molecule has 340 valence electrons. The van der Waals surface area contributed by atoms with Gasteiger partial charge in [-0.3, -0.25) is 14.7 Å². The van der Waals surface area contributed by atoms with Crippen molar-refractivity contribution in [3.05, 3.63) is 106 Å². The lowest BCUT2D eigenvalue weighted by molar-refractivity contribution is 0.249. The van der Waals surface area contributed by atoms with Crippen LogP contribution in [0.2, 0.25) is 0 Å². The molecule has 0 amide bonds. The Bertz CT molecular complexity index is 2320. The van der Waals surface area contributed by atoms with Crippen LogP contribution in [0.3, 0.4) is 0 Å². The first kappa shape index (κ1) is 51.0. The molecule has 3 heterocycles. The molecule has 6 rings (SSSR count). The molecule has 0 aliphatic carbocycles. The van der Waals surface area contributed by atoms with Crippen LogP contribution in [0.25, 0.3) is 0 Å². The van der Waals surface area contributed by atoms with Gasteiger partial charge in [-0.15, -0.1) is 0 Å². The van der Waals surface area contributed by atoms with Crippen molar-refractivity contribution in [1.29, 1.82) is 0 Å². The van der Waals surface area contributed by atoms with E-state index in [-0.39, 0.29) is 18.8 Å². The fraction of sp³-hybridized carbons (Fsp3) is 0.522. The summed E-state index contributed by atoms with van der Waals surface area (Å²) >= 11 is 0. The summed E-state index contributed by atoms with van der Waals surface area (Å²) in [5, 5.41) is 0. The first-order valence-corrected chi connectivity index (χ1v) is 26.5. The summed E-state index contributed by atoms with van der Waals surface area (Å²) in [5.74, 6) is 12.0. The Morgan fingerprint density at radius 1 is 0.565 bits per heavy atom. The van der Waals surface area contributed by atoms with Crippen LogP contribution < -0.4 is 14.2 Å². The lowest BCUT2D eigenvalue weighted by atomic mass is 10.00.